The van der Waals surface area contributed by atoms with Gasteiger partial charge >= 0.3 is 0 Å². The lowest BCUT2D eigenvalue weighted by Gasteiger charge is -2.33. The van der Waals surface area contributed by atoms with Gasteiger partial charge in [-0.2, -0.15) is 26.7 Å². The van der Waals surface area contributed by atoms with E-state index >= 15 is 0 Å². The van der Waals surface area contributed by atoms with E-state index in [1.807, 2.05) is 30.0 Å². The van der Waals surface area contributed by atoms with Gasteiger partial charge in [-0.3, -0.25) is 0 Å². The van der Waals surface area contributed by atoms with Gasteiger partial charge < -0.3 is 20.3 Å². The molecule has 1 aliphatic heterocycles. The summed E-state index contributed by atoms with van der Waals surface area (Å²) in [7, 11) is 1.62. The zero-order valence-electron chi connectivity index (χ0n) is 17.4. The summed E-state index contributed by atoms with van der Waals surface area (Å²) in [6.07, 6.45) is 7.10. The summed E-state index contributed by atoms with van der Waals surface area (Å²) in [5.41, 5.74) is 7.11. The average molecular weight is 449 g/mol. The van der Waals surface area contributed by atoms with Crippen LogP contribution in [0.15, 0.2) is 18.2 Å². The van der Waals surface area contributed by atoms with Crippen molar-refractivity contribution in [3.05, 3.63) is 23.2 Å². The van der Waals surface area contributed by atoms with E-state index in [9.17, 15) is 0 Å². The zero-order valence-corrected chi connectivity index (χ0v) is 19.0. The third-order valence-corrected chi connectivity index (χ3v) is 6.98. The predicted octanol–water partition coefficient (Wildman–Crippen LogP) is 4.53. The summed E-state index contributed by atoms with van der Waals surface area (Å²) in [5, 5.41) is 0.573. The summed E-state index contributed by atoms with van der Waals surface area (Å²) in [6.45, 7) is 1.84. The molecule has 7 nitrogen and oxygen atoms in total. The van der Waals surface area contributed by atoms with E-state index in [1.54, 1.807) is 7.11 Å². The van der Waals surface area contributed by atoms with Crippen LogP contribution in [0.2, 0.25) is 5.02 Å². The number of benzene rings is 1. The van der Waals surface area contributed by atoms with Gasteiger partial charge in [-0.1, -0.05) is 37.3 Å². The molecule has 0 radical (unpaired) electrons. The van der Waals surface area contributed by atoms with Crippen molar-refractivity contribution in [2.75, 3.05) is 47.2 Å². The molecule has 0 atom stereocenters. The molecule has 162 valence electrons. The first-order valence-electron chi connectivity index (χ1n) is 10.6. The van der Waals surface area contributed by atoms with E-state index < -0.39 is 0 Å². The minimum Gasteiger partial charge on any atom is -0.495 e. The quantitative estimate of drug-likeness (QED) is 0.668. The lowest BCUT2D eigenvalue weighted by molar-refractivity contribution is 0.415. The lowest BCUT2D eigenvalue weighted by atomic mass is 10.1. The molecular weight excluding hydrogens is 420 g/mol. The Morgan fingerprint density at radius 2 is 1.83 bits per heavy atom. The van der Waals surface area contributed by atoms with Crippen molar-refractivity contribution in [2.45, 2.75) is 44.6 Å². The Balaban J connectivity index is 1.75. The largest absolute Gasteiger partial charge is 0.495 e. The predicted molar refractivity (Wildman–Crippen MR) is 125 cm³/mol. The van der Waals surface area contributed by atoms with Crippen LogP contribution in [0.25, 0.3) is 0 Å². The number of anilines is 4. The van der Waals surface area contributed by atoms with Crippen LogP contribution >= 0.6 is 23.4 Å². The zero-order chi connectivity index (χ0) is 20.9. The Labute approximate surface area is 187 Å². The fourth-order valence-corrected chi connectivity index (χ4v) is 5.35. The highest BCUT2D eigenvalue weighted by molar-refractivity contribution is 7.99. The number of nitrogen functional groups attached to an aromatic ring is 1. The summed E-state index contributed by atoms with van der Waals surface area (Å²) in [4.78, 5) is 18.3. The van der Waals surface area contributed by atoms with E-state index in [4.69, 9.17) is 27.1 Å². The second-order valence-electron chi connectivity index (χ2n) is 7.73. The van der Waals surface area contributed by atoms with Crippen LogP contribution in [-0.4, -0.2) is 52.7 Å². The van der Waals surface area contributed by atoms with E-state index in [0.29, 0.717) is 28.7 Å². The second kappa shape index (κ2) is 9.92. The van der Waals surface area contributed by atoms with Gasteiger partial charge in [0, 0.05) is 36.3 Å². The summed E-state index contributed by atoms with van der Waals surface area (Å²) in [6, 6.07) is 6.15. The van der Waals surface area contributed by atoms with Crippen LogP contribution in [0.5, 0.6) is 5.75 Å². The number of nitrogens with zero attached hydrogens (tertiary/aromatic N) is 5. The van der Waals surface area contributed by atoms with Crippen molar-refractivity contribution in [1.82, 2.24) is 15.0 Å². The first-order valence-corrected chi connectivity index (χ1v) is 12.2. The number of ether oxygens (including phenoxy) is 1. The fraction of sp³-hybridized carbons (Fsp3) is 0.571. The maximum Gasteiger partial charge on any atom is 0.236 e. The molecule has 1 aliphatic carbocycles. The van der Waals surface area contributed by atoms with Gasteiger partial charge in [-0.25, -0.2) is 0 Å². The molecule has 1 aromatic heterocycles. The molecule has 2 aromatic rings. The highest BCUT2D eigenvalue weighted by Gasteiger charge is 2.27. The van der Waals surface area contributed by atoms with E-state index in [0.717, 1.165) is 43.1 Å². The van der Waals surface area contributed by atoms with Crippen LogP contribution in [0.4, 0.5) is 23.5 Å². The van der Waals surface area contributed by atoms with Gasteiger partial charge in [0.25, 0.3) is 0 Å². The molecule has 2 fully saturated rings. The first kappa shape index (κ1) is 21.3. The second-order valence-corrected chi connectivity index (χ2v) is 9.36. The Kier molecular flexibility index (Phi) is 7.04. The number of thioether (sulfide) groups is 1. The molecule has 0 amide bonds. The third kappa shape index (κ3) is 4.86. The monoisotopic (exact) mass is 448 g/mol. The Hall–Kier alpha value is -1.93. The normalized spacial score (nSPS) is 18.1. The Morgan fingerprint density at radius 1 is 1.10 bits per heavy atom. The minimum atomic E-state index is 0.256. The summed E-state index contributed by atoms with van der Waals surface area (Å²) < 4.78 is 5.35. The van der Waals surface area contributed by atoms with Crippen LogP contribution < -0.4 is 20.3 Å². The van der Waals surface area contributed by atoms with E-state index in [2.05, 4.69) is 19.8 Å². The van der Waals surface area contributed by atoms with E-state index in [-0.39, 0.29) is 5.95 Å². The molecule has 0 unspecified atom stereocenters. The van der Waals surface area contributed by atoms with Gasteiger partial charge in [0.1, 0.15) is 5.75 Å². The van der Waals surface area contributed by atoms with Crippen molar-refractivity contribution in [3.8, 4) is 5.75 Å². The van der Waals surface area contributed by atoms with Crippen molar-refractivity contribution in [1.29, 1.82) is 0 Å². The maximum atomic E-state index is 6.48. The van der Waals surface area contributed by atoms with Crippen molar-refractivity contribution in [2.24, 2.45) is 0 Å². The van der Waals surface area contributed by atoms with Gasteiger partial charge in [0.15, 0.2) is 0 Å². The smallest absolute Gasteiger partial charge is 0.236 e. The molecule has 2 aliphatic rings. The first-order chi connectivity index (χ1) is 14.7. The van der Waals surface area contributed by atoms with Crippen molar-refractivity contribution in [3.63, 3.8) is 0 Å². The number of rotatable bonds is 5. The summed E-state index contributed by atoms with van der Waals surface area (Å²) >= 11 is 8.43. The topological polar surface area (TPSA) is 80.4 Å². The molecule has 1 saturated heterocycles. The van der Waals surface area contributed by atoms with E-state index in [1.165, 1.54) is 25.7 Å². The molecule has 30 heavy (non-hydrogen) atoms. The highest BCUT2D eigenvalue weighted by atomic mass is 35.5. The van der Waals surface area contributed by atoms with Gasteiger partial charge in [-0.15, -0.1) is 0 Å². The minimum absolute atomic E-state index is 0.256. The van der Waals surface area contributed by atoms with Gasteiger partial charge in [-0.05, 0) is 31.0 Å². The third-order valence-electron chi connectivity index (χ3n) is 5.74. The number of hydrogen-bond acceptors (Lipinski definition) is 8. The van der Waals surface area contributed by atoms with Gasteiger partial charge in [0.05, 0.1) is 12.1 Å². The Morgan fingerprint density at radius 3 is 2.50 bits per heavy atom. The molecule has 4 rings (SSSR count). The van der Waals surface area contributed by atoms with Gasteiger partial charge in [0.2, 0.25) is 17.8 Å². The molecular formula is C21H29ClN6OS. The van der Waals surface area contributed by atoms with Crippen LogP contribution in [0.3, 0.4) is 0 Å². The summed E-state index contributed by atoms with van der Waals surface area (Å²) in [5.74, 6) is 4.32. The average Bonchev–Trinajstić information content (AvgIpc) is 3.04. The number of aromatic nitrogens is 3. The van der Waals surface area contributed by atoms with Crippen LogP contribution in [0.1, 0.15) is 38.5 Å². The molecule has 0 bridgehead atoms. The molecule has 9 heteroatoms. The SMILES string of the molecule is COc1ccc(N(c2nc(N)nc(N3CCSCC3)n2)C2CCCCCC2)cc1Cl. The van der Waals surface area contributed by atoms with Crippen LogP contribution in [0, 0.1) is 0 Å². The number of hydrogen-bond donors (Lipinski definition) is 1. The number of halogens is 1. The molecule has 1 saturated carbocycles. The molecule has 2 N–H and O–H groups in total. The lowest BCUT2D eigenvalue weighted by Crippen LogP contribution is -2.36. The van der Waals surface area contributed by atoms with Crippen LogP contribution in [-0.2, 0) is 0 Å². The molecule has 2 heterocycles. The number of nitrogens with two attached hydrogens (primary N) is 1. The fourth-order valence-electron chi connectivity index (χ4n) is 4.19. The Bertz CT molecular complexity index is 855. The molecule has 1 aromatic carbocycles. The van der Waals surface area contributed by atoms with Crippen molar-refractivity contribution < 1.29 is 4.74 Å². The number of methoxy groups -OCH3 is 1. The standard InChI is InChI=1S/C21H29ClN6OS/c1-29-18-9-8-16(14-17(18)22)28(15-6-4-2-3-5-7-15)21-25-19(23)24-20(26-21)27-10-12-30-13-11-27/h8-9,14-15H,2-7,10-13H2,1H3,(H2,23,24,25,26). The maximum absolute atomic E-state index is 6.48. The highest BCUT2D eigenvalue weighted by Crippen LogP contribution is 2.36. The molecule has 0 spiro atoms. The van der Waals surface area contributed by atoms with Crippen molar-refractivity contribution >= 4 is 46.9 Å².